The lowest BCUT2D eigenvalue weighted by molar-refractivity contribution is 0.216. The quantitative estimate of drug-likeness (QED) is 0.859. The average molecular weight is 325 g/mol. The Morgan fingerprint density at radius 3 is 2.89 bits per heavy atom. The van der Waals surface area contributed by atoms with Crippen LogP contribution in [0.2, 0.25) is 0 Å². The van der Waals surface area contributed by atoms with Crippen LogP contribution in [0.1, 0.15) is 32.3 Å². The summed E-state index contributed by atoms with van der Waals surface area (Å²) in [5, 5.41) is 3.61. The van der Waals surface area contributed by atoms with Crippen molar-refractivity contribution in [3.8, 4) is 0 Å². The third-order valence-corrected chi connectivity index (χ3v) is 4.05. The first-order valence-corrected chi connectivity index (χ1v) is 8.13. The van der Waals surface area contributed by atoms with Crippen LogP contribution in [0.5, 0.6) is 0 Å². The van der Waals surface area contributed by atoms with Crippen LogP contribution in [0, 0.1) is 5.92 Å². The Hall–Kier alpha value is -0.380. The average Bonchev–Trinajstić information content (AvgIpc) is 2.80. The molecule has 1 fully saturated rings. The molecule has 1 saturated heterocycles. The number of hydrogen-bond donors (Lipinski definition) is 1. The predicted octanol–water partition coefficient (Wildman–Crippen LogP) is 3.66. The second-order valence-electron chi connectivity index (χ2n) is 6.01. The van der Waals surface area contributed by atoms with E-state index in [0.717, 1.165) is 6.54 Å². The van der Waals surface area contributed by atoms with Gasteiger partial charge in [-0.05, 0) is 43.0 Å². The smallest absolute Gasteiger partial charge is 0.0234 e. The molecule has 0 aliphatic carbocycles. The van der Waals surface area contributed by atoms with Crippen molar-refractivity contribution in [1.82, 2.24) is 10.2 Å². The van der Waals surface area contributed by atoms with E-state index >= 15 is 0 Å². The van der Waals surface area contributed by atoms with Crippen molar-refractivity contribution < 1.29 is 0 Å². The van der Waals surface area contributed by atoms with Crippen LogP contribution in [-0.2, 0) is 6.54 Å². The van der Waals surface area contributed by atoms with Crippen LogP contribution in [0.15, 0.2) is 28.7 Å². The molecule has 1 aliphatic rings. The first kappa shape index (κ1) is 15.0. The summed E-state index contributed by atoms with van der Waals surface area (Å²) in [7, 11) is 0. The van der Waals surface area contributed by atoms with E-state index in [0.29, 0.717) is 12.0 Å². The van der Waals surface area contributed by atoms with Gasteiger partial charge >= 0.3 is 0 Å². The maximum atomic E-state index is 3.61. The summed E-state index contributed by atoms with van der Waals surface area (Å²) in [6.07, 6.45) is 2.66. The molecule has 1 N–H and O–H groups in total. The van der Waals surface area contributed by atoms with E-state index in [1.54, 1.807) is 0 Å². The van der Waals surface area contributed by atoms with Gasteiger partial charge in [0.25, 0.3) is 0 Å². The molecule has 0 bridgehead atoms. The number of nitrogens with one attached hydrogen (secondary N) is 1. The highest BCUT2D eigenvalue weighted by Crippen LogP contribution is 2.16. The maximum Gasteiger partial charge on any atom is 0.0234 e. The zero-order chi connectivity index (χ0) is 13.7. The fourth-order valence-corrected chi connectivity index (χ4v) is 3.28. The third kappa shape index (κ3) is 5.25. The van der Waals surface area contributed by atoms with Crippen LogP contribution in [0.3, 0.4) is 0 Å². The Labute approximate surface area is 125 Å². The molecule has 0 amide bonds. The van der Waals surface area contributed by atoms with Crippen molar-refractivity contribution in [2.45, 2.75) is 39.3 Å². The van der Waals surface area contributed by atoms with Crippen LogP contribution in [0.25, 0.3) is 0 Å². The molecule has 3 heteroatoms. The topological polar surface area (TPSA) is 15.3 Å². The summed E-state index contributed by atoms with van der Waals surface area (Å²) in [6, 6.07) is 9.36. The fourth-order valence-electron chi connectivity index (χ4n) is 2.84. The Balaban J connectivity index is 1.96. The molecule has 1 aliphatic heterocycles. The molecule has 1 aromatic rings. The predicted molar refractivity (Wildman–Crippen MR) is 85.3 cm³/mol. The number of rotatable bonds is 6. The van der Waals surface area contributed by atoms with E-state index in [1.165, 1.54) is 42.5 Å². The second kappa shape index (κ2) is 7.41. The van der Waals surface area contributed by atoms with Crippen molar-refractivity contribution in [1.29, 1.82) is 0 Å². The minimum atomic E-state index is 0.686. The van der Waals surface area contributed by atoms with E-state index < -0.39 is 0 Å². The van der Waals surface area contributed by atoms with Crippen molar-refractivity contribution in [2.24, 2.45) is 5.92 Å². The molecule has 0 spiro atoms. The van der Waals surface area contributed by atoms with Crippen molar-refractivity contribution in [3.05, 3.63) is 34.3 Å². The molecule has 1 heterocycles. The monoisotopic (exact) mass is 324 g/mol. The third-order valence-electron chi connectivity index (χ3n) is 3.56. The molecule has 0 radical (unpaired) electrons. The van der Waals surface area contributed by atoms with E-state index in [9.17, 15) is 0 Å². The minimum absolute atomic E-state index is 0.686. The number of benzene rings is 1. The van der Waals surface area contributed by atoms with Gasteiger partial charge in [0.2, 0.25) is 0 Å². The molecule has 1 unspecified atom stereocenters. The Bertz CT molecular complexity index is 386. The molecule has 2 rings (SSSR count). The molecule has 106 valence electrons. The highest BCUT2D eigenvalue weighted by molar-refractivity contribution is 9.10. The lowest BCUT2D eigenvalue weighted by atomic mass is 10.1. The first-order valence-electron chi connectivity index (χ1n) is 7.33. The Morgan fingerprint density at radius 1 is 1.42 bits per heavy atom. The summed E-state index contributed by atoms with van der Waals surface area (Å²) < 4.78 is 1.17. The van der Waals surface area contributed by atoms with E-state index in [1.807, 2.05) is 0 Å². The van der Waals surface area contributed by atoms with Gasteiger partial charge in [-0.2, -0.15) is 0 Å². The SMILES string of the molecule is CC(C)CN(Cc1cccc(Br)c1)CC1CCCN1. The van der Waals surface area contributed by atoms with Crippen molar-refractivity contribution in [2.75, 3.05) is 19.6 Å². The van der Waals surface area contributed by atoms with Gasteiger partial charge in [0.15, 0.2) is 0 Å². The van der Waals surface area contributed by atoms with Gasteiger partial charge in [0, 0.05) is 30.1 Å². The van der Waals surface area contributed by atoms with E-state index in [4.69, 9.17) is 0 Å². The number of nitrogens with zero attached hydrogens (tertiary/aromatic N) is 1. The largest absolute Gasteiger partial charge is 0.313 e. The van der Waals surface area contributed by atoms with Crippen LogP contribution in [-0.4, -0.2) is 30.6 Å². The highest BCUT2D eigenvalue weighted by atomic mass is 79.9. The normalized spacial score (nSPS) is 19.5. The lowest BCUT2D eigenvalue weighted by Crippen LogP contribution is -2.38. The molecule has 0 saturated carbocycles. The van der Waals surface area contributed by atoms with Crippen molar-refractivity contribution >= 4 is 15.9 Å². The summed E-state index contributed by atoms with van der Waals surface area (Å²) >= 11 is 3.56. The zero-order valence-corrected chi connectivity index (χ0v) is 13.6. The number of hydrogen-bond acceptors (Lipinski definition) is 2. The van der Waals surface area contributed by atoms with Crippen LogP contribution >= 0.6 is 15.9 Å². The Kier molecular flexibility index (Phi) is 5.86. The molecule has 1 atom stereocenters. The van der Waals surface area contributed by atoms with Gasteiger partial charge in [-0.1, -0.05) is 41.9 Å². The van der Waals surface area contributed by atoms with E-state index in [2.05, 4.69) is 64.3 Å². The zero-order valence-electron chi connectivity index (χ0n) is 12.0. The van der Waals surface area contributed by atoms with Crippen LogP contribution < -0.4 is 5.32 Å². The van der Waals surface area contributed by atoms with Gasteiger partial charge in [-0.25, -0.2) is 0 Å². The fraction of sp³-hybridized carbons (Fsp3) is 0.625. The van der Waals surface area contributed by atoms with Gasteiger partial charge in [0.05, 0.1) is 0 Å². The summed E-state index contributed by atoms with van der Waals surface area (Å²) in [5.41, 5.74) is 1.40. The van der Waals surface area contributed by atoms with Gasteiger partial charge in [0.1, 0.15) is 0 Å². The molecule has 1 aromatic carbocycles. The van der Waals surface area contributed by atoms with Crippen molar-refractivity contribution in [3.63, 3.8) is 0 Å². The summed E-state index contributed by atoms with van der Waals surface area (Å²) in [5.74, 6) is 0.716. The molecular weight excluding hydrogens is 300 g/mol. The standard InChI is InChI=1S/C16H25BrN2/c1-13(2)10-19(12-16-7-4-8-18-16)11-14-5-3-6-15(17)9-14/h3,5-6,9,13,16,18H,4,7-8,10-12H2,1-2H3. The molecular formula is C16H25BrN2. The maximum absolute atomic E-state index is 3.61. The molecule has 0 aromatic heterocycles. The van der Waals surface area contributed by atoms with Gasteiger partial charge in [-0.3, -0.25) is 4.90 Å². The minimum Gasteiger partial charge on any atom is -0.313 e. The lowest BCUT2D eigenvalue weighted by Gasteiger charge is -2.27. The summed E-state index contributed by atoms with van der Waals surface area (Å²) in [4.78, 5) is 2.59. The first-order chi connectivity index (χ1) is 9.13. The van der Waals surface area contributed by atoms with Crippen LogP contribution in [0.4, 0.5) is 0 Å². The van der Waals surface area contributed by atoms with Gasteiger partial charge in [-0.15, -0.1) is 0 Å². The highest BCUT2D eigenvalue weighted by Gasteiger charge is 2.18. The molecule has 2 nitrogen and oxygen atoms in total. The second-order valence-corrected chi connectivity index (χ2v) is 6.93. The Morgan fingerprint density at radius 2 is 2.26 bits per heavy atom. The summed E-state index contributed by atoms with van der Waals surface area (Å²) in [6.45, 7) is 9.19. The van der Waals surface area contributed by atoms with Gasteiger partial charge < -0.3 is 5.32 Å². The number of halogens is 1. The van der Waals surface area contributed by atoms with E-state index in [-0.39, 0.29) is 0 Å². The molecule has 19 heavy (non-hydrogen) atoms.